The van der Waals surface area contributed by atoms with Gasteiger partial charge in [-0.1, -0.05) is 0 Å². The number of likely N-dealkylation sites (tertiary alicyclic amines) is 1. The first-order valence-electron chi connectivity index (χ1n) is 7.87. The molecule has 0 aliphatic carbocycles. The van der Waals surface area contributed by atoms with Crippen LogP contribution in [0, 0.1) is 5.92 Å². The largest absolute Gasteiger partial charge is 0.444 e. The minimum atomic E-state index is -0.424. The van der Waals surface area contributed by atoms with Crippen molar-refractivity contribution in [2.75, 3.05) is 19.6 Å². The zero-order valence-corrected chi connectivity index (χ0v) is 13.7. The molecule has 0 atom stereocenters. The van der Waals surface area contributed by atoms with Crippen molar-refractivity contribution in [2.24, 2.45) is 5.92 Å². The molecule has 6 heteroatoms. The van der Waals surface area contributed by atoms with E-state index in [9.17, 15) is 4.79 Å². The Morgan fingerprint density at radius 3 is 2.68 bits per heavy atom. The standard InChI is InChI=1S/C16H26N4O2/c1-16(2,3)22-15(21)20-8-4-13(5-9-20)10-18-12-14-11-17-6-7-19-14/h6-7,11,13,18H,4-5,8-10,12H2,1-3H3. The Bertz CT molecular complexity index is 465. The highest BCUT2D eigenvalue weighted by Gasteiger charge is 2.26. The van der Waals surface area contributed by atoms with Crippen molar-refractivity contribution in [3.63, 3.8) is 0 Å². The molecule has 1 aliphatic heterocycles. The van der Waals surface area contributed by atoms with Crippen LogP contribution in [0.15, 0.2) is 18.6 Å². The molecule has 1 amide bonds. The van der Waals surface area contributed by atoms with Gasteiger partial charge in [0.25, 0.3) is 0 Å². The molecule has 1 N–H and O–H groups in total. The number of ether oxygens (including phenoxy) is 1. The van der Waals surface area contributed by atoms with E-state index < -0.39 is 5.60 Å². The van der Waals surface area contributed by atoms with Crippen molar-refractivity contribution in [1.29, 1.82) is 0 Å². The number of carbonyl (C=O) groups is 1. The van der Waals surface area contributed by atoms with Crippen LogP contribution in [0.4, 0.5) is 4.79 Å². The summed E-state index contributed by atoms with van der Waals surface area (Å²) in [6.07, 6.45) is 6.97. The Hall–Kier alpha value is -1.69. The van der Waals surface area contributed by atoms with Crippen LogP contribution in [-0.2, 0) is 11.3 Å². The highest BCUT2D eigenvalue weighted by Crippen LogP contribution is 2.19. The Balaban J connectivity index is 1.66. The summed E-state index contributed by atoms with van der Waals surface area (Å²) in [6, 6.07) is 0. The molecule has 2 heterocycles. The van der Waals surface area contributed by atoms with Crippen molar-refractivity contribution in [2.45, 2.75) is 45.8 Å². The summed E-state index contributed by atoms with van der Waals surface area (Å²) in [5, 5.41) is 3.42. The number of hydrogen-bond acceptors (Lipinski definition) is 5. The summed E-state index contributed by atoms with van der Waals surface area (Å²) in [7, 11) is 0. The molecular weight excluding hydrogens is 280 g/mol. The first-order valence-corrected chi connectivity index (χ1v) is 7.87. The molecule has 1 aromatic heterocycles. The first kappa shape index (κ1) is 16.7. The Morgan fingerprint density at radius 1 is 1.36 bits per heavy atom. The molecular formula is C16H26N4O2. The van der Waals surface area contributed by atoms with Gasteiger partial charge in [0.2, 0.25) is 0 Å². The van der Waals surface area contributed by atoms with Crippen LogP contribution in [0.3, 0.4) is 0 Å². The minimum Gasteiger partial charge on any atom is -0.444 e. The van der Waals surface area contributed by atoms with Crippen LogP contribution in [0.5, 0.6) is 0 Å². The number of aromatic nitrogens is 2. The van der Waals surface area contributed by atoms with E-state index in [-0.39, 0.29) is 6.09 Å². The van der Waals surface area contributed by atoms with Gasteiger partial charge in [0, 0.05) is 38.2 Å². The highest BCUT2D eigenvalue weighted by atomic mass is 16.6. The second-order valence-corrected chi connectivity index (χ2v) is 6.74. The Kier molecular flexibility index (Phi) is 5.71. The zero-order valence-electron chi connectivity index (χ0n) is 13.7. The third-order valence-electron chi connectivity index (χ3n) is 3.62. The van der Waals surface area contributed by atoms with Crippen molar-refractivity contribution in [3.8, 4) is 0 Å². The zero-order chi connectivity index (χ0) is 16.0. The molecule has 0 spiro atoms. The maximum Gasteiger partial charge on any atom is 0.410 e. The second kappa shape index (κ2) is 7.54. The van der Waals surface area contributed by atoms with Gasteiger partial charge in [0.1, 0.15) is 5.60 Å². The normalized spacial score (nSPS) is 16.6. The van der Waals surface area contributed by atoms with E-state index in [0.717, 1.165) is 44.7 Å². The molecule has 122 valence electrons. The molecule has 0 radical (unpaired) electrons. The summed E-state index contributed by atoms with van der Waals surface area (Å²) in [4.78, 5) is 22.1. The van der Waals surface area contributed by atoms with E-state index >= 15 is 0 Å². The molecule has 1 aliphatic rings. The summed E-state index contributed by atoms with van der Waals surface area (Å²) in [6.45, 7) is 8.91. The molecule has 0 bridgehead atoms. The van der Waals surface area contributed by atoms with Crippen LogP contribution in [-0.4, -0.2) is 46.2 Å². The fraction of sp³-hybridized carbons (Fsp3) is 0.688. The van der Waals surface area contributed by atoms with Gasteiger partial charge in [-0.05, 0) is 46.1 Å². The van der Waals surface area contributed by atoms with E-state index in [0.29, 0.717) is 5.92 Å². The topological polar surface area (TPSA) is 67.3 Å². The van der Waals surface area contributed by atoms with Gasteiger partial charge in [-0.25, -0.2) is 4.79 Å². The lowest BCUT2D eigenvalue weighted by molar-refractivity contribution is 0.0184. The van der Waals surface area contributed by atoms with E-state index in [4.69, 9.17) is 4.74 Å². The van der Waals surface area contributed by atoms with Crippen molar-refractivity contribution < 1.29 is 9.53 Å². The summed E-state index contributed by atoms with van der Waals surface area (Å²) < 4.78 is 5.41. The van der Waals surface area contributed by atoms with Crippen LogP contribution in [0.2, 0.25) is 0 Å². The number of amides is 1. The van der Waals surface area contributed by atoms with Gasteiger partial charge in [0.15, 0.2) is 0 Å². The Morgan fingerprint density at radius 2 is 2.09 bits per heavy atom. The monoisotopic (exact) mass is 306 g/mol. The van der Waals surface area contributed by atoms with Crippen molar-refractivity contribution in [1.82, 2.24) is 20.2 Å². The number of nitrogens with one attached hydrogen (secondary N) is 1. The Labute approximate surface area is 132 Å². The highest BCUT2D eigenvalue weighted by molar-refractivity contribution is 5.68. The summed E-state index contributed by atoms with van der Waals surface area (Å²) >= 11 is 0. The summed E-state index contributed by atoms with van der Waals surface area (Å²) in [5.41, 5.74) is 0.528. The van der Waals surface area contributed by atoms with Crippen molar-refractivity contribution in [3.05, 3.63) is 24.3 Å². The van der Waals surface area contributed by atoms with Gasteiger partial charge in [-0.3, -0.25) is 9.97 Å². The quantitative estimate of drug-likeness (QED) is 0.924. The van der Waals surface area contributed by atoms with Gasteiger partial charge in [0.05, 0.1) is 5.69 Å². The fourth-order valence-corrected chi connectivity index (χ4v) is 2.47. The van der Waals surface area contributed by atoms with Gasteiger partial charge >= 0.3 is 6.09 Å². The molecule has 2 rings (SSSR count). The smallest absolute Gasteiger partial charge is 0.410 e. The van der Waals surface area contributed by atoms with Gasteiger partial charge in [-0.15, -0.1) is 0 Å². The lowest BCUT2D eigenvalue weighted by atomic mass is 9.97. The number of piperidine rings is 1. The van der Waals surface area contributed by atoms with E-state index in [1.807, 2.05) is 25.7 Å². The average Bonchev–Trinajstić information content (AvgIpc) is 2.47. The molecule has 1 fully saturated rings. The number of carbonyl (C=O) groups excluding carboxylic acids is 1. The van der Waals surface area contributed by atoms with E-state index in [1.165, 1.54) is 0 Å². The molecule has 1 aromatic rings. The predicted octanol–water partition coefficient (Wildman–Crippen LogP) is 2.21. The maximum atomic E-state index is 12.0. The third-order valence-corrected chi connectivity index (χ3v) is 3.62. The maximum absolute atomic E-state index is 12.0. The number of nitrogens with zero attached hydrogens (tertiary/aromatic N) is 3. The van der Waals surface area contributed by atoms with Crippen LogP contribution >= 0.6 is 0 Å². The molecule has 0 aromatic carbocycles. The average molecular weight is 306 g/mol. The first-order chi connectivity index (χ1) is 10.4. The van der Waals surface area contributed by atoms with Crippen molar-refractivity contribution >= 4 is 6.09 Å². The minimum absolute atomic E-state index is 0.196. The van der Waals surface area contributed by atoms with E-state index in [2.05, 4.69) is 15.3 Å². The van der Waals surface area contributed by atoms with E-state index in [1.54, 1.807) is 18.6 Å². The van der Waals surface area contributed by atoms with Gasteiger partial charge in [-0.2, -0.15) is 0 Å². The fourth-order valence-electron chi connectivity index (χ4n) is 2.47. The molecule has 6 nitrogen and oxygen atoms in total. The van der Waals surface area contributed by atoms with Crippen LogP contribution in [0.25, 0.3) is 0 Å². The molecule has 22 heavy (non-hydrogen) atoms. The predicted molar refractivity (Wildman–Crippen MR) is 84.3 cm³/mol. The molecule has 0 unspecified atom stereocenters. The third kappa shape index (κ3) is 5.60. The van der Waals surface area contributed by atoms with Crippen LogP contribution in [0.1, 0.15) is 39.3 Å². The summed E-state index contributed by atoms with van der Waals surface area (Å²) in [5.74, 6) is 0.593. The van der Waals surface area contributed by atoms with Crippen LogP contribution < -0.4 is 5.32 Å². The number of rotatable bonds is 4. The second-order valence-electron chi connectivity index (χ2n) is 6.74. The lowest BCUT2D eigenvalue weighted by Gasteiger charge is -2.33. The van der Waals surface area contributed by atoms with Gasteiger partial charge < -0.3 is 15.0 Å². The lowest BCUT2D eigenvalue weighted by Crippen LogP contribution is -2.43. The molecule has 1 saturated heterocycles. The SMILES string of the molecule is CC(C)(C)OC(=O)N1CCC(CNCc2cnccn2)CC1. The number of hydrogen-bond donors (Lipinski definition) is 1. The molecule has 0 saturated carbocycles.